The van der Waals surface area contributed by atoms with Crippen molar-refractivity contribution in [2.75, 3.05) is 25.0 Å². The number of nitrogens with one attached hydrogen (secondary N) is 1. The summed E-state index contributed by atoms with van der Waals surface area (Å²) in [5, 5.41) is 3.01. The monoisotopic (exact) mass is 578 g/mol. The van der Waals surface area contributed by atoms with Crippen LogP contribution < -0.4 is 11.1 Å². The lowest BCUT2D eigenvalue weighted by Gasteiger charge is -2.32. The van der Waals surface area contributed by atoms with Crippen molar-refractivity contribution >= 4 is 40.2 Å². The molecule has 0 unspecified atom stereocenters. The summed E-state index contributed by atoms with van der Waals surface area (Å²) in [6.07, 6.45) is 5.62. The summed E-state index contributed by atoms with van der Waals surface area (Å²) in [5.41, 5.74) is 8.01. The summed E-state index contributed by atoms with van der Waals surface area (Å²) in [5.74, 6) is -4.10. The average molecular weight is 579 g/mol. The molecule has 4 amide bonds. The van der Waals surface area contributed by atoms with E-state index in [1.807, 2.05) is 31.2 Å². The maximum atomic E-state index is 13.8. The van der Waals surface area contributed by atoms with Gasteiger partial charge in [0, 0.05) is 53.7 Å². The second-order valence-corrected chi connectivity index (χ2v) is 10.8. The van der Waals surface area contributed by atoms with Crippen molar-refractivity contribution in [3.05, 3.63) is 71.7 Å². The first-order valence-electron chi connectivity index (χ1n) is 13.8. The molecule has 3 aromatic rings. The van der Waals surface area contributed by atoms with Gasteiger partial charge in [0.15, 0.2) is 5.78 Å². The van der Waals surface area contributed by atoms with Crippen LogP contribution in [0.1, 0.15) is 41.0 Å². The van der Waals surface area contributed by atoms with Crippen LogP contribution in [-0.2, 0) is 22.6 Å². The highest BCUT2D eigenvalue weighted by Gasteiger charge is 2.37. The molecule has 0 bridgehead atoms. The van der Waals surface area contributed by atoms with E-state index in [-0.39, 0.29) is 56.2 Å². The Morgan fingerprint density at radius 2 is 1.95 bits per heavy atom. The molecule has 0 spiro atoms. The van der Waals surface area contributed by atoms with Crippen LogP contribution in [-0.4, -0.2) is 74.6 Å². The number of urea groups is 1. The predicted octanol–water partition coefficient (Wildman–Crippen LogP) is 3.68. The number of primary amides is 1. The number of likely N-dealkylation sites (tertiary alicyclic amines) is 1. The number of aromatic nitrogens is 2. The lowest BCUT2D eigenvalue weighted by Crippen LogP contribution is -2.48. The number of rotatable bonds is 7. The van der Waals surface area contributed by atoms with E-state index >= 15 is 0 Å². The first-order valence-corrected chi connectivity index (χ1v) is 13.8. The van der Waals surface area contributed by atoms with Gasteiger partial charge in [0.1, 0.15) is 6.54 Å². The zero-order chi connectivity index (χ0) is 30.0. The summed E-state index contributed by atoms with van der Waals surface area (Å²) in [4.78, 5) is 58.7. The van der Waals surface area contributed by atoms with E-state index in [2.05, 4.69) is 10.3 Å². The first kappa shape index (κ1) is 28.9. The Morgan fingerprint density at radius 3 is 2.69 bits per heavy atom. The smallest absolute Gasteiger partial charge is 0.322 e. The Morgan fingerprint density at radius 1 is 1.14 bits per heavy atom. The number of hydrogen-bond donors (Lipinski definition) is 2. The fourth-order valence-electron chi connectivity index (χ4n) is 5.52. The summed E-state index contributed by atoms with van der Waals surface area (Å²) < 4.78 is 29.2. The van der Waals surface area contributed by atoms with Gasteiger partial charge in [0.2, 0.25) is 5.91 Å². The number of anilines is 1. The zero-order valence-corrected chi connectivity index (χ0v) is 23.2. The molecule has 3 N–H and O–H groups in total. The number of nitrogens with zero attached hydrogens (tertiary/aromatic N) is 4. The van der Waals surface area contributed by atoms with Gasteiger partial charge in [-0.2, -0.15) is 0 Å². The maximum Gasteiger partial charge on any atom is 0.322 e. The fourth-order valence-corrected chi connectivity index (χ4v) is 5.52. The molecule has 2 aliphatic rings. The van der Waals surface area contributed by atoms with Gasteiger partial charge in [0.25, 0.3) is 11.8 Å². The van der Waals surface area contributed by atoms with Gasteiger partial charge in [-0.25, -0.2) is 13.6 Å². The molecular formula is C30H32F2N6O4. The Bertz CT molecular complexity index is 1580. The number of amides is 4. The van der Waals surface area contributed by atoms with Crippen molar-refractivity contribution in [1.82, 2.24) is 19.4 Å². The van der Waals surface area contributed by atoms with Gasteiger partial charge < -0.3 is 25.4 Å². The number of alkyl halides is 2. The lowest BCUT2D eigenvalue weighted by atomic mass is 9.99. The summed E-state index contributed by atoms with van der Waals surface area (Å²) in [6.45, 7) is 1.51. The average Bonchev–Trinajstić information content (AvgIpc) is 3.30. The van der Waals surface area contributed by atoms with Gasteiger partial charge in [-0.1, -0.05) is 18.2 Å². The molecule has 0 radical (unpaired) electrons. The van der Waals surface area contributed by atoms with E-state index in [0.717, 1.165) is 10.6 Å². The molecule has 1 aromatic carbocycles. The number of carbonyl (C=O) groups excluding carboxylic acids is 4. The number of hydrogen-bond acceptors (Lipinski definition) is 5. The van der Waals surface area contributed by atoms with Gasteiger partial charge in [-0.15, -0.1) is 0 Å². The third-order valence-corrected chi connectivity index (χ3v) is 7.58. The number of fused-ring (bicyclic) bond motifs is 1. The van der Waals surface area contributed by atoms with E-state index in [1.165, 1.54) is 17.2 Å². The zero-order valence-electron chi connectivity index (χ0n) is 23.2. The second-order valence-electron chi connectivity index (χ2n) is 10.8. The van der Waals surface area contributed by atoms with Crippen LogP contribution in [0.3, 0.4) is 0 Å². The number of pyridine rings is 1. The van der Waals surface area contributed by atoms with Crippen molar-refractivity contribution in [2.45, 2.75) is 51.1 Å². The van der Waals surface area contributed by atoms with Crippen LogP contribution in [0.5, 0.6) is 0 Å². The van der Waals surface area contributed by atoms with E-state index in [0.29, 0.717) is 28.7 Å². The van der Waals surface area contributed by atoms with Crippen molar-refractivity contribution in [3.63, 3.8) is 0 Å². The van der Waals surface area contributed by atoms with E-state index in [9.17, 15) is 28.0 Å². The number of Topliss-reactive ketones (excluding diaryl/α,β-unsaturated/α-hetero) is 1. The van der Waals surface area contributed by atoms with Crippen LogP contribution in [0.4, 0.5) is 19.3 Å². The fraction of sp³-hybridized carbons (Fsp3) is 0.367. The lowest BCUT2D eigenvalue weighted by molar-refractivity contribution is -0.139. The molecule has 1 atom stereocenters. The van der Waals surface area contributed by atoms with Crippen molar-refractivity contribution in [3.8, 4) is 0 Å². The van der Waals surface area contributed by atoms with Crippen LogP contribution in [0.15, 0.2) is 54.7 Å². The number of aryl methyl sites for hydroxylation is 1. The van der Waals surface area contributed by atoms with Gasteiger partial charge in [-0.3, -0.25) is 19.4 Å². The Balaban J connectivity index is 1.34. The minimum absolute atomic E-state index is 0.103. The minimum Gasteiger partial charge on any atom is -0.366 e. The summed E-state index contributed by atoms with van der Waals surface area (Å²) >= 11 is 0. The number of piperidine rings is 1. The molecule has 5 rings (SSSR count). The van der Waals surface area contributed by atoms with Crippen LogP contribution >= 0.6 is 0 Å². The third-order valence-electron chi connectivity index (χ3n) is 7.58. The molecule has 1 fully saturated rings. The largest absolute Gasteiger partial charge is 0.366 e. The van der Waals surface area contributed by atoms with E-state index < -0.39 is 30.4 Å². The molecular weight excluding hydrogens is 546 g/mol. The molecule has 42 heavy (non-hydrogen) atoms. The highest BCUT2D eigenvalue weighted by Crippen LogP contribution is 2.29. The van der Waals surface area contributed by atoms with Crippen molar-refractivity contribution in [1.29, 1.82) is 0 Å². The van der Waals surface area contributed by atoms with Crippen LogP contribution in [0.2, 0.25) is 0 Å². The normalized spacial score (nSPS) is 18.2. The topological polar surface area (TPSA) is 131 Å². The molecule has 1 saturated heterocycles. The minimum atomic E-state index is -2.94. The van der Waals surface area contributed by atoms with Gasteiger partial charge in [0.05, 0.1) is 24.6 Å². The molecule has 12 heteroatoms. The molecule has 2 aliphatic heterocycles. The summed E-state index contributed by atoms with van der Waals surface area (Å²) in [6, 6.07) is 8.88. The molecule has 10 nitrogen and oxygen atoms in total. The number of carbonyl (C=O) groups is 4. The molecule has 2 aromatic heterocycles. The van der Waals surface area contributed by atoms with Gasteiger partial charge >= 0.3 is 6.03 Å². The predicted molar refractivity (Wildman–Crippen MR) is 152 cm³/mol. The van der Waals surface area contributed by atoms with Crippen molar-refractivity contribution < 1.29 is 28.0 Å². The Labute approximate surface area is 241 Å². The Kier molecular flexibility index (Phi) is 8.06. The number of halogens is 2. The van der Waals surface area contributed by atoms with Crippen molar-refractivity contribution in [2.24, 2.45) is 5.73 Å². The molecule has 220 valence electrons. The highest BCUT2D eigenvalue weighted by molar-refractivity contribution is 6.08. The third kappa shape index (κ3) is 6.32. The number of benzene rings is 1. The molecule has 0 saturated carbocycles. The first-order chi connectivity index (χ1) is 20.0. The maximum absolute atomic E-state index is 13.8. The van der Waals surface area contributed by atoms with E-state index in [4.69, 9.17) is 5.73 Å². The number of nitrogens with two attached hydrogens (primary N) is 1. The highest BCUT2D eigenvalue weighted by atomic mass is 19.3. The molecule has 0 aliphatic carbocycles. The SMILES string of the molecule is Cc1cccc(CC(=O)[C@@H]2CC=CCN2C(=O)Cn2cc(C(N)=O)c3cc(NC(=O)N4CCCC(F)(F)C4)ccc32)n1. The quantitative estimate of drug-likeness (QED) is 0.413. The molecule has 4 heterocycles. The second kappa shape index (κ2) is 11.7. The Hall–Kier alpha value is -4.61. The number of ketones is 1. The van der Waals surface area contributed by atoms with Gasteiger partial charge in [-0.05, 0) is 50.1 Å². The standard InChI is InChI=1S/C30H32F2N6O4/c1-19-6-4-7-20(34-19)15-26(39)25-8-2-3-13-38(25)27(40)17-37-16-23(28(33)41)22-14-21(9-10-24(22)37)35-29(42)36-12-5-11-30(31,32)18-36/h2-4,6-7,9-10,14,16,25H,5,8,11-13,15,17-18H2,1H3,(H2,33,41)(H,35,42)/t25-/m0/s1. The van der Waals surface area contributed by atoms with Crippen LogP contribution in [0, 0.1) is 6.92 Å². The van der Waals surface area contributed by atoms with E-state index in [1.54, 1.807) is 22.8 Å². The van der Waals surface area contributed by atoms with Crippen LogP contribution in [0.25, 0.3) is 10.9 Å². The summed E-state index contributed by atoms with van der Waals surface area (Å²) in [7, 11) is 0.